The first-order chi connectivity index (χ1) is 9.70. The van der Waals surface area contributed by atoms with Crippen molar-refractivity contribution in [2.75, 3.05) is 11.9 Å². The van der Waals surface area contributed by atoms with E-state index in [4.69, 9.17) is 4.84 Å². The summed E-state index contributed by atoms with van der Waals surface area (Å²) < 4.78 is 1.15. The molecule has 0 unspecified atom stereocenters. The Hall–Kier alpha value is -1.67. The molecule has 1 aromatic carbocycles. The minimum absolute atomic E-state index is 0.303. The van der Waals surface area contributed by atoms with Gasteiger partial charge in [-0.05, 0) is 59.8 Å². The lowest BCUT2D eigenvalue weighted by molar-refractivity contribution is 0.0365. The summed E-state index contributed by atoms with van der Waals surface area (Å²) in [6.07, 6.45) is 3.18. The fourth-order valence-electron chi connectivity index (χ4n) is 1.57. The first-order valence-corrected chi connectivity index (χ1v) is 7.17. The van der Waals surface area contributed by atoms with Crippen molar-refractivity contribution in [3.8, 4) is 0 Å². The van der Waals surface area contributed by atoms with E-state index in [1.54, 1.807) is 25.4 Å². The fourth-order valence-corrected chi connectivity index (χ4v) is 1.93. The highest BCUT2D eigenvalue weighted by molar-refractivity contribution is 14.1. The predicted octanol–water partition coefficient (Wildman–Crippen LogP) is 3.11. The molecule has 1 amide bonds. The van der Waals surface area contributed by atoms with E-state index in [1.807, 2.05) is 24.3 Å². The Balaban J connectivity index is 2.19. The molecule has 1 heterocycles. The quantitative estimate of drug-likeness (QED) is 0.615. The molecule has 0 bridgehead atoms. The fraction of sp³-hybridized carbons (Fsp3) is 0.143. The number of nitrogens with zero attached hydrogens (tertiary/aromatic N) is 1. The van der Waals surface area contributed by atoms with E-state index in [0.717, 1.165) is 9.26 Å². The molecule has 0 saturated heterocycles. The van der Waals surface area contributed by atoms with Crippen LogP contribution in [-0.4, -0.2) is 17.5 Å². The maximum atomic E-state index is 12.0. The van der Waals surface area contributed by atoms with E-state index in [-0.39, 0.29) is 5.91 Å². The number of nitrogens with one attached hydrogen (secondary N) is 2. The van der Waals surface area contributed by atoms with Gasteiger partial charge in [-0.1, -0.05) is 0 Å². The van der Waals surface area contributed by atoms with Crippen LogP contribution in [0.25, 0.3) is 0 Å². The lowest BCUT2D eigenvalue weighted by Crippen LogP contribution is -2.24. The zero-order valence-electron chi connectivity index (χ0n) is 10.9. The van der Waals surface area contributed by atoms with E-state index < -0.39 is 0 Å². The molecule has 20 heavy (non-hydrogen) atoms. The zero-order valence-corrected chi connectivity index (χ0v) is 13.0. The van der Waals surface area contributed by atoms with Crippen LogP contribution < -0.4 is 10.8 Å². The number of halogens is 1. The van der Waals surface area contributed by atoms with Crippen LogP contribution in [0.1, 0.15) is 17.3 Å². The highest BCUT2D eigenvalue weighted by Crippen LogP contribution is 2.20. The van der Waals surface area contributed by atoms with Gasteiger partial charge in [0, 0.05) is 15.5 Å². The molecule has 0 aliphatic rings. The van der Waals surface area contributed by atoms with Crippen LogP contribution in [0.4, 0.5) is 11.4 Å². The molecule has 104 valence electrons. The van der Waals surface area contributed by atoms with Gasteiger partial charge in [0.05, 0.1) is 24.1 Å². The number of rotatable bonds is 5. The molecule has 2 aromatic rings. The number of amides is 1. The summed E-state index contributed by atoms with van der Waals surface area (Å²) in [5.41, 5.74) is 4.38. The highest BCUT2D eigenvalue weighted by Gasteiger charge is 2.11. The summed E-state index contributed by atoms with van der Waals surface area (Å²) in [4.78, 5) is 20.9. The van der Waals surface area contributed by atoms with Crippen molar-refractivity contribution in [3.05, 3.63) is 51.9 Å². The molecular formula is C14H14IN3O2. The Labute approximate surface area is 130 Å². The summed E-state index contributed by atoms with van der Waals surface area (Å²) in [6, 6.07) is 9.50. The largest absolute Gasteiger partial charge is 0.354 e. The lowest BCUT2D eigenvalue weighted by atomic mass is 10.2. The Morgan fingerprint density at radius 1 is 1.30 bits per heavy atom. The SMILES string of the molecule is CCONC(=O)c1ccncc1Nc1ccc(I)cc1. The number of aromatic nitrogens is 1. The number of carbonyl (C=O) groups is 1. The molecule has 0 saturated carbocycles. The molecule has 0 aliphatic carbocycles. The molecule has 1 aromatic heterocycles. The number of hydroxylamine groups is 1. The molecule has 0 atom stereocenters. The second kappa shape index (κ2) is 7.20. The van der Waals surface area contributed by atoms with Crippen molar-refractivity contribution >= 4 is 39.9 Å². The molecule has 0 fully saturated rings. The maximum Gasteiger partial charge on any atom is 0.277 e. The molecule has 6 heteroatoms. The summed E-state index contributed by atoms with van der Waals surface area (Å²) in [5.74, 6) is -0.303. The number of pyridine rings is 1. The highest BCUT2D eigenvalue weighted by atomic mass is 127. The third-order valence-electron chi connectivity index (χ3n) is 2.50. The molecule has 2 N–H and O–H groups in total. The smallest absolute Gasteiger partial charge is 0.277 e. The normalized spacial score (nSPS) is 10.1. The summed E-state index contributed by atoms with van der Waals surface area (Å²) in [5, 5.41) is 3.17. The molecule has 5 nitrogen and oxygen atoms in total. The second-order valence-electron chi connectivity index (χ2n) is 3.92. The van der Waals surface area contributed by atoms with Crippen molar-refractivity contribution in [2.24, 2.45) is 0 Å². The van der Waals surface area contributed by atoms with Gasteiger partial charge in [0.1, 0.15) is 0 Å². The van der Waals surface area contributed by atoms with Gasteiger partial charge < -0.3 is 5.32 Å². The van der Waals surface area contributed by atoms with Gasteiger partial charge in [0.2, 0.25) is 0 Å². The van der Waals surface area contributed by atoms with Crippen LogP contribution in [0.3, 0.4) is 0 Å². The van der Waals surface area contributed by atoms with E-state index >= 15 is 0 Å². The van der Waals surface area contributed by atoms with Crippen LogP contribution in [0.2, 0.25) is 0 Å². The van der Waals surface area contributed by atoms with Gasteiger partial charge in [-0.3, -0.25) is 14.6 Å². The van der Waals surface area contributed by atoms with E-state index in [9.17, 15) is 4.79 Å². The Morgan fingerprint density at radius 3 is 2.75 bits per heavy atom. The average molecular weight is 383 g/mol. The van der Waals surface area contributed by atoms with E-state index in [1.165, 1.54) is 0 Å². The molecule has 2 rings (SSSR count). The first kappa shape index (κ1) is 14.7. The van der Waals surface area contributed by atoms with Crippen molar-refractivity contribution in [1.82, 2.24) is 10.5 Å². The van der Waals surface area contributed by atoms with E-state index in [0.29, 0.717) is 17.9 Å². The third-order valence-corrected chi connectivity index (χ3v) is 3.22. The number of benzene rings is 1. The Kier molecular flexibility index (Phi) is 5.31. The van der Waals surface area contributed by atoms with Crippen molar-refractivity contribution in [1.29, 1.82) is 0 Å². The van der Waals surface area contributed by atoms with Gasteiger partial charge in [-0.25, -0.2) is 5.48 Å². The minimum atomic E-state index is -0.303. The standard InChI is InChI=1S/C14H14IN3O2/c1-2-20-18-14(19)12-7-8-16-9-13(12)17-11-5-3-10(15)4-6-11/h3-9,17H,2H2,1H3,(H,18,19). The van der Waals surface area contributed by atoms with Crippen LogP contribution in [-0.2, 0) is 4.84 Å². The molecular weight excluding hydrogens is 369 g/mol. The lowest BCUT2D eigenvalue weighted by Gasteiger charge is -2.11. The van der Waals surface area contributed by atoms with Gasteiger partial charge in [0.15, 0.2) is 0 Å². The van der Waals surface area contributed by atoms with Crippen molar-refractivity contribution in [3.63, 3.8) is 0 Å². The van der Waals surface area contributed by atoms with Crippen LogP contribution in [0.5, 0.6) is 0 Å². The average Bonchev–Trinajstić information content (AvgIpc) is 2.48. The predicted molar refractivity (Wildman–Crippen MR) is 85.8 cm³/mol. The minimum Gasteiger partial charge on any atom is -0.354 e. The summed E-state index contributed by atoms with van der Waals surface area (Å²) in [6.45, 7) is 2.22. The molecule has 0 radical (unpaired) electrons. The monoisotopic (exact) mass is 383 g/mol. The van der Waals surface area contributed by atoms with Crippen molar-refractivity contribution in [2.45, 2.75) is 6.92 Å². The Bertz CT molecular complexity index is 587. The van der Waals surface area contributed by atoms with Crippen LogP contribution in [0, 0.1) is 3.57 Å². The van der Waals surface area contributed by atoms with Gasteiger partial charge in [-0.2, -0.15) is 0 Å². The number of anilines is 2. The van der Waals surface area contributed by atoms with Crippen molar-refractivity contribution < 1.29 is 9.63 Å². The third kappa shape index (κ3) is 3.91. The molecule has 0 spiro atoms. The topological polar surface area (TPSA) is 63.2 Å². The van der Waals surface area contributed by atoms with E-state index in [2.05, 4.69) is 38.4 Å². The second-order valence-corrected chi connectivity index (χ2v) is 5.16. The Morgan fingerprint density at radius 2 is 2.05 bits per heavy atom. The number of hydrogen-bond donors (Lipinski definition) is 2. The summed E-state index contributed by atoms with van der Waals surface area (Å²) in [7, 11) is 0. The van der Waals surface area contributed by atoms with Gasteiger partial charge in [-0.15, -0.1) is 0 Å². The summed E-state index contributed by atoms with van der Waals surface area (Å²) >= 11 is 2.24. The van der Waals surface area contributed by atoms with Gasteiger partial charge in [0.25, 0.3) is 5.91 Å². The maximum absolute atomic E-state index is 12.0. The van der Waals surface area contributed by atoms with Crippen LogP contribution in [0.15, 0.2) is 42.7 Å². The first-order valence-electron chi connectivity index (χ1n) is 6.09. The van der Waals surface area contributed by atoms with Gasteiger partial charge >= 0.3 is 0 Å². The van der Waals surface area contributed by atoms with Crippen LogP contribution >= 0.6 is 22.6 Å². The number of carbonyl (C=O) groups excluding carboxylic acids is 1. The molecule has 0 aliphatic heterocycles. The zero-order chi connectivity index (χ0) is 14.4. The number of hydrogen-bond acceptors (Lipinski definition) is 4.